The van der Waals surface area contributed by atoms with Gasteiger partial charge in [0.25, 0.3) is 0 Å². The van der Waals surface area contributed by atoms with E-state index in [1.807, 2.05) is 6.92 Å². The first-order chi connectivity index (χ1) is 5.77. The van der Waals surface area contributed by atoms with Crippen LogP contribution in [0.25, 0.3) is 0 Å². The molecule has 64 valence electrons. The van der Waals surface area contributed by atoms with E-state index in [1.165, 1.54) is 0 Å². The fourth-order valence-corrected chi connectivity index (χ4v) is 1.84. The molecule has 2 rings (SSSR count). The Labute approximate surface area is 79.3 Å². The van der Waals surface area contributed by atoms with Gasteiger partial charge in [0, 0.05) is 17.7 Å². The van der Waals surface area contributed by atoms with Gasteiger partial charge < -0.3 is 4.74 Å². The second kappa shape index (κ2) is 3.11. The molecule has 1 aliphatic heterocycles. The summed E-state index contributed by atoms with van der Waals surface area (Å²) in [6.07, 6.45) is 0.900. The summed E-state index contributed by atoms with van der Waals surface area (Å²) in [4.78, 5) is 8.51. The van der Waals surface area contributed by atoms with Crippen LogP contribution in [-0.4, -0.2) is 16.6 Å². The summed E-state index contributed by atoms with van der Waals surface area (Å²) in [5, 5.41) is 0. The standard InChI is InChI=1S/C8H9BrN2O/c1-5-6-4-12-3-2-7(6)11-8(9)10-5/h2-4H2,1H3. The smallest absolute Gasteiger partial charge is 0.197 e. The lowest BCUT2D eigenvalue weighted by molar-refractivity contribution is 0.108. The molecule has 0 fully saturated rings. The first-order valence-electron chi connectivity index (χ1n) is 3.87. The van der Waals surface area contributed by atoms with Crippen molar-refractivity contribution < 1.29 is 4.74 Å². The number of rotatable bonds is 0. The summed E-state index contributed by atoms with van der Waals surface area (Å²) in [6, 6.07) is 0. The maximum absolute atomic E-state index is 5.32. The zero-order valence-electron chi connectivity index (χ0n) is 6.80. The van der Waals surface area contributed by atoms with E-state index in [4.69, 9.17) is 4.74 Å². The van der Waals surface area contributed by atoms with Gasteiger partial charge in [0.1, 0.15) is 0 Å². The molecule has 0 aromatic carbocycles. The molecule has 0 spiro atoms. The molecule has 12 heavy (non-hydrogen) atoms. The van der Waals surface area contributed by atoms with E-state index in [1.54, 1.807) is 0 Å². The van der Waals surface area contributed by atoms with Gasteiger partial charge in [-0.15, -0.1) is 0 Å². The Balaban J connectivity index is 2.53. The molecular weight excluding hydrogens is 220 g/mol. The lowest BCUT2D eigenvalue weighted by Gasteiger charge is -2.16. The minimum Gasteiger partial charge on any atom is -0.376 e. The highest BCUT2D eigenvalue weighted by Gasteiger charge is 2.14. The molecule has 0 radical (unpaired) electrons. The van der Waals surface area contributed by atoms with E-state index in [2.05, 4.69) is 25.9 Å². The van der Waals surface area contributed by atoms with Gasteiger partial charge in [-0.25, -0.2) is 9.97 Å². The van der Waals surface area contributed by atoms with Crippen LogP contribution in [0.15, 0.2) is 4.73 Å². The van der Waals surface area contributed by atoms with E-state index < -0.39 is 0 Å². The Morgan fingerprint density at radius 2 is 2.25 bits per heavy atom. The van der Waals surface area contributed by atoms with Crippen molar-refractivity contribution in [2.24, 2.45) is 0 Å². The van der Waals surface area contributed by atoms with Gasteiger partial charge in [-0.2, -0.15) is 0 Å². The summed E-state index contributed by atoms with van der Waals surface area (Å²) in [5.41, 5.74) is 3.30. The molecule has 0 bridgehead atoms. The summed E-state index contributed by atoms with van der Waals surface area (Å²) >= 11 is 3.28. The van der Waals surface area contributed by atoms with Crippen LogP contribution in [0.5, 0.6) is 0 Å². The molecule has 2 heterocycles. The Morgan fingerprint density at radius 3 is 3.08 bits per heavy atom. The zero-order chi connectivity index (χ0) is 8.55. The largest absolute Gasteiger partial charge is 0.376 e. The molecular formula is C8H9BrN2O. The lowest BCUT2D eigenvalue weighted by Crippen LogP contribution is -2.14. The lowest BCUT2D eigenvalue weighted by atomic mass is 10.1. The zero-order valence-corrected chi connectivity index (χ0v) is 8.39. The Bertz CT molecular complexity index is 314. The molecule has 0 aliphatic carbocycles. The van der Waals surface area contributed by atoms with E-state index in [-0.39, 0.29) is 0 Å². The third kappa shape index (κ3) is 1.36. The van der Waals surface area contributed by atoms with Crippen LogP contribution in [0.4, 0.5) is 0 Å². The fourth-order valence-electron chi connectivity index (χ4n) is 1.36. The Hall–Kier alpha value is -0.480. The number of nitrogens with zero attached hydrogens (tertiary/aromatic N) is 2. The topological polar surface area (TPSA) is 35.0 Å². The van der Waals surface area contributed by atoms with Crippen molar-refractivity contribution in [3.8, 4) is 0 Å². The highest BCUT2D eigenvalue weighted by atomic mass is 79.9. The van der Waals surface area contributed by atoms with E-state index in [9.17, 15) is 0 Å². The van der Waals surface area contributed by atoms with Crippen molar-refractivity contribution in [2.75, 3.05) is 6.61 Å². The maximum atomic E-state index is 5.32. The average molecular weight is 229 g/mol. The molecule has 1 aromatic heterocycles. The fraction of sp³-hybridized carbons (Fsp3) is 0.500. The molecule has 0 atom stereocenters. The first-order valence-corrected chi connectivity index (χ1v) is 4.66. The van der Waals surface area contributed by atoms with Gasteiger partial charge in [0.05, 0.1) is 18.9 Å². The van der Waals surface area contributed by atoms with Crippen molar-refractivity contribution >= 4 is 15.9 Å². The molecule has 4 heteroatoms. The van der Waals surface area contributed by atoms with Gasteiger partial charge in [-0.05, 0) is 22.9 Å². The molecule has 0 amide bonds. The van der Waals surface area contributed by atoms with E-state index in [0.29, 0.717) is 11.3 Å². The van der Waals surface area contributed by atoms with Crippen LogP contribution in [0, 0.1) is 6.92 Å². The van der Waals surface area contributed by atoms with Crippen LogP contribution in [0.2, 0.25) is 0 Å². The summed E-state index contributed by atoms with van der Waals surface area (Å²) < 4.78 is 6.00. The van der Waals surface area contributed by atoms with Gasteiger partial charge in [-0.3, -0.25) is 0 Å². The second-order valence-electron chi connectivity index (χ2n) is 2.81. The number of aryl methyl sites for hydroxylation is 1. The minimum absolute atomic E-state index is 0.661. The van der Waals surface area contributed by atoms with Gasteiger partial charge in [-0.1, -0.05) is 0 Å². The molecule has 3 nitrogen and oxygen atoms in total. The second-order valence-corrected chi connectivity index (χ2v) is 3.52. The summed E-state index contributed by atoms with van der Waals surface area (Å²) in [7, 11) is 0. The van der Waals surface area contributed by atoms with Crippen molar-refractivity contribution in [3.63, 3.8) is 0 Å². The number of aromatic nitrogens is 2. The number of hydrogen-bond donors (Lipinski definition) is 0. The van der Waals surface area contributed by atoms with Crippen LogP contribution < -0.4 is 0 Å². The minimum atomic E-state index is 0.661. The predicted octanol–water partition coefficient (Wildman–Crippen LogP) is 1.62. The Kier molecular flexibility index (Phi) is 2.11. The van der Waals surface area contributed by atoms with Crippen LogP contribution >= 0.6 is 15.9 Å². The predicted molar refractivity (Wildman–Crippen MR) is 47.8 cm³/mol. The van der Waals surface area contributed by atoms with E-state index in [0.717, 1.165) is 30.0 Å². The highest BCUT2D eigenvalue weighted by Crippen LogP contribution is 2.18. The SMILES string of the molecule is Cc1nc(Br)nc2c1COCC2. The number of hydrogen-bond acceptors (Lipinski definition) is 3. The van der Waals surface area contributed by atoms with Gasteiger partial charge >= 0.3 is 0 Å². The summed E-state index contributed by atoms with van der Waals surface area (Å²) in [6.45, 7) is 3.42. The maximum Gasteiger partial charge on any atom is 0.197 e. The normalized spacial score (nSPS) is 15.8. The molecule has 0 unspecified atom stereocenters. The Morgan fingerprint density at radius 1 is 1.42 bits per heavy atom. The first kappa shape index (κ1) is 8.13. The quantitative estimate of drug-likeness (QED) is 0.634. The molecule has 0 saturated carbocycles. The van der Waals surface area contributed by atoms with Crippen LogP contribution in [0.3, 0.4) is 0 Å². The summed E-state index contributed by atoms with van der Waals surface area (Å²) in [5.74, 6) is 0. The van der Waals surface area contributed by atoms with Gasteiger partial charge in [0.15, 0.2) is 4.73 Å². The highest BCUT2D eigenvalue weighted by molar-refractivity contribution is 9.10. The van der Waals surface area contributed by atoms with Crippen LogP contribution in [0.1, 0.15) is 17.0 Å². The number of fused-ring (bicyclic) bond motifs is 1. The molecule has 1 aliphatic rings. The van der Waals surface area contributed by atoms with E-state index >= 15 is 0 Å². The van der Waals surface area contributed by atoms with Crippen molar-refractivity contribution in [1.82, 2.24) is 9.97 Å². The third-order valence-electron chi connectivity index (χ3n) is 2.00. The van der Waals surface area contributed by atoms with Gasteiger partial charge in [0.2, 0.25) is 0 Å². The van der Waals surface area contributed by atoms with Crippen molar-refractivity contribution in [2.45, 2.75) is 20.0 Å². The molecule has 0 N–H and O–H groups in total. The average Bonchev–Trinajstić information content (AvgIpc) is 2.04. The monoisotopic (exact) mass is 228 g/mol. The van der Waals surface area contributed by atoms with Crippen molar-refractivity contribution in [1.29, 1.82) is 0 Å². The molecule has 1 aromatic rings. The van der Waals surface area contributed by atoms with Crippen molar-refractivity contribution in [3.05, 3.63) is 21.7 Å². The number of ether oxygens (including phenoxy) is 1. The third-order valence-corrected chi connectivity index (χ3v) is 2.36. The van der Waals surface area contributed by atoms with Crippen LogP contribution in [-0.2, 0) is 17.8 Å². The molecule has 0 saturated heterocycles. The number of halogens is 1.